The van der Waals surface area contributed by atoms with Crippen LogP contribution in [0.25, 0.3) is 0 Å². The Labute approximate surface area is 121 Å². The average Bonchev–Trinajstić information content (AvgIpc) is 2.47. The molecule has 0 amide bonds. The first-order valence-electron chi connectivity index (χ1n) is 6.52. The molecule has 2 heterocycles. The van der Waals surface area contributed by atoms with E-state index >= 15 is 0 Å². The van der Waals surface area contributed by atoms with E-state index in [1.54, 1.807) is 0 Å². The Bertz CT molecular complexity index is 484. The van der Waals surface area contributed by atoms with Gasteiger partial charge in [0.1, 0.15) is 0 Å². The number of nitriles is 1. The first-order chi connectivity index (χ1) is 9.26. The minimum Gasteiger partial charge on any atom is -0.369 e. The molecule has 2 saturated heterocycles. The van der Waals surface area contributed by atoms with Gasteiger partial charge in [-0.3, -0.25) is 4.90 Å². The van der Waals surface area contributed by atoms with Crippen molar-refractivity contribution in [2.45, 2.75) is 12.1 Å². The van der Waals surface area contributed by atoms with Crippen molar-refractivity contribution in [3.8, 4) is 6.07 Å². The summed E-state index contributed by atoms with van der Waals surface area (Å²) in [6.07, 6.45) is -0.254. The lowest BCUT2D eigenvalue weighted by Crippen LogP contribution is -2.60. The molecule has 0 aromatic heterocycles. The van der Waals surface area contributed by atoms with Crippen LogP contribution in [0, 0.1) is 11.3 Å². The number of morpholine rings is 1. The van der Waals surface area contributed by atoms with E-state index in [-0.39, 0.29) is 6.10 Å². The maximum absolute atomic E-state index is 8.92. The number of halogens is 1. The van der Waals surface area contributed by atoms with Crippen molar-refractivity contribution in [2.75, 3.05) is 37.7 Å². The number of rotatable bonds is 1. The predicted octanol–water partition coefficient (Wildman–Crippen LogP) is 1.86. The van der Waals surface area contributed by atoms with Crippen LogP contribution in [0.4, 0.5) is 5.69 Å². The lowest BCUT2D eigenvalue weighted by Gasteiger charge is -2.45. The molecule has 0 N–H and O–H groups in total. The highest BCUT2D eigenvalue weighted by Crippen LogP contribution is 2.23. The van der Waals surface area contributed by atoms with Gasteiger partial charge in [0.05, 0.1) is 18.7 Å². The van der Waals surface area contributed by atoms with Gasteiger partial charge in [-0.2, -0.15) is 5.26 Å². The van der Waals surface area contributed by atoms with E-state index in [0.717, 1.165) is 30.7 Å². The zero-order chi connectivity index (χ0) is 13.2. The van der Waals surface area contributed by atoms with Crippen molar-refractivity contribution in [2.24, 2.45) is 0 Å². The Morgan fingerprint density at radius 2 is 2.00 bits per heavy atom. The van der Waals surface area contributed by atoms with Gasteiger partial charge in [0.25, 0.3) is 0 Å². The highest BCUT2D eigenvalue weighted by atomic mass is 79.9. The molecular formula is C14H16BrN3O. The van der Waals surface area contributed by atoms with Crippen LogP contribution in [-0.4, -0.2) is 49.8 Å². The number of ether oxygens (including phenoxy) is 1. The Balaban J connectivity index is 1.67. The third-order valence-electron chi connectivity index (χ3n) is 3.83. The zero-order valence-corrected chi connectivity index (χ0v) is 12.2. The number of benzene rings is 1. The van der Waals surface area contributed by atoms with Gasteiger partial charge in [0, 0.05) is 36.3 Å². The molecule has 19 heavy (non-hydrogen) atoms. The Hall–Kier alpha value is -1.09. The molecule has 0 spiro atoms. The number of nitrogens with zero attached hydrogens (tertiary/aromatic N) is 3. The second-order valence-electron chi connectivity index (χ2n) is 5.02. The number of fused-ring (bicyclic) bond motifs is 1. The van der Waals surface area contributed by atoms with Crippen LogP contribution in [-0.2, 0) is 4.74 Å². The molecule has 1 unspecified atom stereocenters. The molecule has 2 aliphatic heterocycles. The van der Waals surface area contributed by atoms with Gasteiger partial charge in [-0.05, 0) is 24.3 Å². The maximum atomic E-state index is 8.92. The maximum Gasteiger partial charge on any atom is 0.156 e. The van der Waals surface area contributed by atoms with E-state index in [4.69, 9.17) is 10.00 Å². The Morgan fingerprint density at radius 1 is 1.21 bits per heavy atom. The first-order valence-corrected chi connectivity index (χ1v) is 7.31. The van der Waals surface area contributed by atoms with Crippen molar-refractivity contribution in [3.63, 3.8) is 0 Å². The summed E-state index contributed by atoms with van der Waals surface area (Å²) in [5.41, 5.74) is 1.25. The minimum absolute atomic E-state index is 0.254. The molecule has 2 aliphatic rings. The average molecular weight is 322 g/mol. The lowest BCUT2D eigenvalue weighted by atomic mass is 10.1. The van der Waals surface area contributed by atoms with Crippen LogP contribution in [0.5, 0.6) is 0 Å². The van der Waals surface area contributed by atoms with Gasteiger partial charge in [-0.25, -0.2) is 0 Å². The molecule has 0 saturated carbocycles. The summed E-state index contributed by atoms with van der Waals surface area (Å²) in [5.74, 6) is 0. The third-order valence-corrected chi connectivity index (χ3v) is 4.36. The lowest BCUT2D eigenvalue weighted by molar-refractivity contribution is -0.0423. The summed E-state index contributed by atoms with van der Waals surface area (Å²) >= 11 is 3.46. The standard InChI is InChI=1S/C14H16BrN3O/c15-11-1-3-12(4-2-11)17-5-6-18-9-14(7-16)19-10-13(18)8-17/h1-4,13-14H,5-6,8-10H2/t13-,14?/m1/s1. The van der Waals surface area contributed by atoms with Crippen LogP contribution in [0.1, 0.15) is 0 Å². The summed E-state index contributed by atoms with van der Waals surface area (Å²) in [5, 5.41) is 8.92. The summed E-state index contributed by atoms with van der Waals surface area (Å²) < 4.78 is 6.67. The molecule has 1 aromatic rings. The molecule has 0 aliphatic carbocycles. The van der Waals surface area contributed by atoms with Crippen molar-refractivity contribution < 1.29 is 4.74 Å². The van der Waals surface area contributed by atoms with Crippen LogP contribution >= 0.6 is 15.9 Å². The summed E-state index contributed by atoms with van der Waals surface area (Å²) in [4.78, 5) is 4.77. The zero-order valence-electron chi connectivity index (χ0n) is 10.6. The normalized spacial score (nSPS) is 27.7. The smallest absolute Gasteiger partial charge is 0.156 e. The SMILES string of the molecule is N#CC1CN2CCN(c3ccc(Br)cc3)C[C@@H]2CO1. The summed E-state index contributed by atoms with van der Waals surface area (Å²) in [6.45, 7) is 4.39. The van der Waals surface area contributed by atoms with Crippen LogP contribution < -0.4 is 4.90 Å². The summed E-state index contributed by atoms with van der Waals surface area (Å²) in [6, 6.07) is 11.0. The molecule has 0 radical (unpaired) electrons. The fourth-order valence-electron chi connectivity index (χ4n) is 2.75. The predicted molar refractivity (Wildman–Crippen MR) is 77.1 cm³/mol. The monoisotopic (exact) mass is 321 g/mol. The molecule has 3 rings (SSSR count). The highest BCUT2D eigenvalue weighted by Gasteiger charge is 2.33. The quantitative estimate of drug-likeness (QED) is 0.791. The number of anilines is 1. The second kappa shape index (κ2) is 5.49. The largest absolute Gasteiger partial charge is 0.369 e. The molecule has 5 heteroatoms. The highest BCUT2D eigenvalue weighted by molar-refractivity contribution is 9.10. The Morgan fingerprint density at radius 3 is 2.74 bits per heavy atom. The fraction of sp³-hybridized carbons (Fsp3) is 0.500. The molecule has 2 atom stereocenters. The van der Waals surface area contributed by atoms with Gasteiger partial charge in [0.2, 0.25) is 0 Å². The minimum atomic E-state index is -0.254. The van der Waals surface area contributed by atoms with Crippen LogP contribution in [0.15, 0.2) is 28.7 Å². The first kappa shape index (κ1) is 12.9. The van der Waals surface area contributed by atoms with Crippen LogP contribution in [0.3, 0.4) is 0 Å². The van der Waals surface area contributed by atoms with Gasteiger partial charge < -0.3 is 9.64 Å². The van der Waals surface area contributed by atoms with Crippen molar-refractivity contribution >= 4 is 21.6 Å². The Kier molecular flexibility index (Phi) is 3.74. The van der Waals surface area contributed by atoms with E-state index in [2.05, 4.69) is 56.1 Å². The van der Waals surface area contributed by atoms with E-state index < -0.39 is 0 Å². The number of hydrogen-bond acceptors (Lipinski definition) is 4. The summed E-state index contributed by atoms with van der Waals surface area (Å²) in [7, 11) is 0. The molecule has 1 aromatic carbocycles. The van der Waals surface area contributed by atoms with Crippen LogP contribution in [0.2, 0.25) is 0 Å². The third kappa shape index (κ3) is 2.76. The van der Waals surface area contributed by atoms with Gasteiger partial charge >= 0.3 is 0 Å². The van der Waals surface area contributed by atoms with Gasteiger partial charge in [-0.1, -0.05) is 15.9 Å². The topological polar surface area (TPSA) is 39.5 Å². The van der Waals surface area contributed by atoms with E-state index in [9.17, 15) is 0 Å². The van der Waals surface area contributed by atoms with Crippen molar-refractivity contribution in [3.05, 3.63) is 28.7 Å². The van der Waals surface area contributed by atoms with Crippen molar-refractivity contribution in [1.29, 1.82) is 5.26 Å². The van der Waals surface area contributed by atoms with Gasteiger partial charge in [0.15, 0.2) is 6.10 Å². The number of hydrogen-bond donors (Lipinski definition) is 0. The molecule has 0 bridgehead atoms. The van der Waals surface area contributed by atoms with E-state index in [0.29, 0.717) is 12.6 Å². The number of piperazine rings is 1. The molecule has 4 nitrogen and oxygen atoms in total. The van der Waals surface area contributed by atoms with E-state index in [1.807, 2.05) is 0 Å². The second-order valence-corrected chi connectivity index (χ2v) is 5.94. The molecule has 2 fully saturated rings. The van der Waals surface area contributed by atoms with Gasteiger partial charge in [-0.15, -0.1) is 0 Å². The molecule has 100 valence electrons. The van der Waals surface area contributed by atoms with Crippen molar-refractivity contribution in [1.82, 2.24) is 4.90 Å². The molecular weight excluding hydrogens is 306 g/mol. The van der Waals surface area contributed by atoms with E-state index in [1.165, 1.54) is 5.69 Å². The fourth-order valence-corrected chi connectivity index (χ4v) is 3.01.